The zero-order chi connectivity index (χ0) is 17.4. The molecule has 0 amide bonds. The molecule has 2 aromatic rings. The van der Waals surface area contributed by atoms with E-state index >= 15 is 0 Å². The third-order valence-electron chi connectivity index (χ3n) is 2.81. The van der Waals surface area contributed by atoms with Gasteiger partial charge in [0, 0.05) is 10.6 Å². The van der Waals surface area contributed by atoms with Gasteiger partial charge < -0.3 is 10.1 Å². The van der Waals surface area contributed by atoms with E-state index in [1.807, 2.05) is 24.3 Å². The Morgan fingerprint density at radius 1 is 1.25 bits per heavy atom. The van der Waals surface area contributed by atoms with Crippen molar-refractivity contribution >= 4 is 41.0 Å². The first-order valence-corrected chi connectivity index (χ1v) is 8.14. The summed E-state index contributed by atoms with van der Waals surface area (Å²) in [6.45, 7) is 0. The number of hydrogen-bond acceptors (Lipinski definition) is 4. The van der Waals surface area contributed by atoms with Crippen LogP contribution in [-0.4, -0.2) is 24.2 Å². The van der Waals surface area contributed by atoms with E-state index in [-0.39, 0.29) is 0 Å². The third-order valence-corrected chi connectivity index (χ3v) is 3.73. The van der Waals surface area contributed by atoms with Gasteiger partial charge in [-0.1, -0.05) is 23.9 Å². The van der Waals surface area contributed by atoms with Gasteiger partial charge in [0.25, 0.3) is 5.76 Å². The first kappa shape index (κ1) is 18.2. The number of thioether (sulfide) groups is 1. The van der Waals surface area contributed by atoms with Crippen molar-refractivity contribution in [2.45, 2.75) is 10.7 Å². The van der Waals surface area contributed by atoms with E-state index in [0.29, 0.717) is 27.5 Å². The Morgan fingerprint density at radius 2 is 2.00 bits per heavy atom. The number of benzene rings is 2. The van der Waals surface area contributed by atoms with Crippen LogP contribution in [-0.2, 0) is 0 Å². The summed E-state index contributed by atoms with van der Waals surface area (Å²) in [6.07, 6.45) is 1.61. The first-order valence-electron chi connectivity index (χ1n) is 6.86. The van der Waals surface area contributed by atoms with Crippen LogP contribution in [0.25, 0.3) is 0 Å². The quantitative estimate of drug-likeness (QED) is 0.344. The molecule has 0 atom stereocenters. The minimum absolute atomic E-state index is 0.295. The molecule has 0 spiro atoms. The number of halogens is 2. The molecule has 0 unspecified atom stereocenters. The molecular formula is C16H15F2N3OS2. The van der Waals surface area contributed by atoms with Crippen molar-refractivity contribution in [1.82, 2.24) is 5.43 Å². The molecular weight excluding hydrogens is 352 g/mol. The number of hydrogen-bond donors (Lipinski definition) is 2. The van der Waals surface area contributed by atoms with Crippen LogP contribution in [0.2, 0.25) is 0 Å². The molecule has 126 valence electrons. The summed E-state index contributed by atoms with van der Waals surface area (Å²) in [4.78, 5) is 0.491. The lowest BCUT2D eigenvalue weighted by atomic mass is 10.2. The van der Waals surface area contributed by atoms with Crippen molar-refractivity contribution in [3.05, 3.63) is 54.1 Å². The summed E-state index contributed by atoms with van der Waals surface area (Å²) in [5.74, 6) is -1.70. The number of rotatable bonds is 6. The van der Waals surface area contributed by atoms with E-state index in [9.17, 15) is 8.78 Å². The molecule has 4 nitrogen and oxygen atoms in total. The largest absolute Gasteiger partial charge is 0.497 e. The molecule has 0 aromatic heterocycles. The average molecular weight is 367 g/mol. The van der Waals surface area contributed by atoms with Gasteiger partial charge in [0.1, 0.15) is 5.75 Å². The predicted molar refractivity (Wildman–Crippen MR) is 98.2 cm³/mol. The number of ether oxygens (including phenoxy) is 1. The van der Waals surface area contributed by atoms with Crippen LogP contribution in [0.15, 0.2) is 58.5 Å². The van der Waals surface area contributed by atoms with Crippen molar-refractivity contribution < 1.29 is 13.5 Å². The standard InChI is InChI=1S/C16H15F2N3OS2/c1-22-13-4-2-3-11(9-13)10-19-21-16(23)20-12-5-7-14(8-6-12)24-15(17)18/h2-10,15H,1H3,(H2,20,21,23)/b19-10-. The molecule has 0 aliphatic rings. The van der Waals surface area contributed by atoms with Crippen LogP contribution in [0.1, 0.15) is 5.56 Å². The fourth-order valence-corrected chi connectivity index (χ4v) is 2.44. The topological polar surface area (TPSA) is 45.6 Å². The Morgan fingerprint density at radius 3 is 2.67 bits per heavy atom. The predicted octanol–water partition coefficient (Wildman–Crippen LogP) is 4.33. The Hall–Kier alpha value is -2.19. The summed E-state index contributed by atoms with van der Waals surface area (Å²) in [5, 5.41) is 7.24. The van der Waals surface area contributed by atoms with Crippen molar-refractivity contribution in [1.29, 1.82) is 0 Å². The summed E-state index contributed by atoms with van der Waals surface area (Å²) in [6, 6.07) is 13.9. The number of methoxy groups -OCH3 is 1. The van der Waals surface area contributed by atoms with Gasteiger partial charge in [0.05, 0.1) is 13.3 Å². The highest BCUT2D eigenvalue weighted by Crippen LogP contribution is 2.26. The Bertz CT molecular complexity index is 709. The zero-order valence-corrected chi connectivity index (χ0v) is 14.3. The van der Waals surface area contributed by atoms with E-state index < -0.39 is 5.76 Å². The van der Waals surface area contributed by atoms with Gasteiger partial charge in [-0.15, -0.1) is 0 Å². The maximum Gasteiger partial charge on any atom is 0.288 e. The first-order chi connectivity index (χ1) is 11.6. The Balaban J connectivity index is 1.85. The zero-order valence-electron chi connectivity index (χ0n) is 12.7. The van der Waals surface area contributed by atoms with Crippen LogP contribution in [0.3, 0.4) is 0 Å². The van der Waals surface area contributed by atoms with E-state index in [1.165, 1.54) is 0 Å². The van der Waals surface area contributed by atoms with Crippen LogP contribution in [0.4, 0.5) is 14.5 Å². The number of thiocarbonyl (C=S) groups is 1. The highest BCUT2D eigenvalue weighted by Gasteiger charge is 2.05. The van der Waals surface area contributed by atoms with Crippen molar-refractivity contribution in [3.63, 3.8) is 0 Å². The molecule has 0 heterocycles. The highest BCUT2D eigenvalue weighted by atomic mass is 32.2. The molecule has 2 rings (SSSR count). The smallest absolute Gasteiger partial charge is 0.288 e. The van der Waals surface area contributed by atoms with Crippen LogP contribution < -0.4 is 15.5 Å². The maximum atomic E-state index is 12.3. The molecule has 24 heavy (non-hydrogen) atoms. The van der Waals surface area contributed by atoms with Crippen LogP contribution in [0, 0.1) is 0 Å². The number of hydrazone groups is 1. The molecule has 0 aliphatic carbocycles. The number of nitrogens with one attached hydrogen (secondary N) is 2. The lowest BCUT2D eigenvalue weighted by molar-refractivity contribution is 0.252. The van der Waals surface area contributed by atoms with Gasteiger partial charge in [-0.05, 0) is 54.2 Å². The lowest BCUT2D eigenvalue weighted by Crippen LogP contribution is -2.23. The highest BCUT2D eigenvalue weighted by molar-refractivity contribution is 7.99. The van der Waals surface area contributed by atoms with Crippen molar-refractivity contribution in [2.75, 3.05) is 12.4 Å². The normalized spacial score (nSPS) is 10.8. The van der Waals surface area contributed by atoms with E-state index in [1.54, 1.807) is 37.6 Å². The van der Waals surface area contributed by atoms with E-state index in [2.05, 4.69) is 15.8 Å². The monoisotopic (exact) mass is 367 g/mol. The molecule has 8 heteroatoms. The molecule has 0 fully saturated rings. The Labute approximate surface area is 148 Å². The summed E-state index contributed by atoms with van der Waals surface area (Å²) >= 11 is 5.61. The summed E-state index contributed by atoms with van der Waals surface area (Å²) in [7, 11) is 1.60. The SMILES string of the molecule is COc1cccc(/C=N\NC(=S)Nc2ccc(SC(F)F)cc2)c1. The fraction of sp³-hybridized carbons (Fsp3) is 0.125. The number of nitrogens with zero attached hydrogens (tertiary/aromatic N) is 1. The number of anilines is 1. The van der Waals surface area contributed by atoms with Crippen LogP contribution >= 0.6 is 24.0 Å². The molecule has 0 aliphatic heterocycles. The molecule has 0 saturated carbocycles. The van der Waals surface area contributed by atoms with Crippen molar-refractivity contribution in [2.24, 2.45) is 5.10 Å². The van der Waals surface area contributed by atoms with E-state index in [0.717, 1.165) is 11.3 Å². The van der Waals surface area contributed by atoms with Gasteiger partial charge in [-0.25, -0.2) is 0 Å². The lowest BCUT2D eigenvalue weighted by Gasteiger charge is -2.08. The van der Waals surface area contributed by atoms with Gasteiger partial charge in [-0.2, -0.15) is 13.9 Å². The Kier molecular flexibility index (Phi) is 6.95. The number of alkyl halides is 2. The van der Waals surface area contributed by atoms with Gasteiger partial charge in [0.2, 0.25) is 0 Å². The summed E-state index contributed by atoms with van der Waals surface area (Å²) in [5.41, 5.74) is 4.23. The second-order valence-electron chi connectivity index (χ2n) is 4.50. The van der Waals surface area contributed by atoms with Crippen LogP contribution in [0.5, 0.6) is 5.75 Å². The second-order valence-corrected chi connectivity index (χ2v) is 5.98. The third kappa shape index (κ3) is 6.13. The minimum Gasteiger partial charge on any atom is -0.497 e. The minimum atomic E-state index is -2.43. The molecule has 2 N–H and O–H groups in total. The van der Waals surface area contributed by atoms with Crippen molar-refractivity contribution in [3.8, 4) is 5.75 Å². The van der Waals surface area contributed by atoms with Gasteiger partial charge in [-0.3, -0.25) is 5.43 Å². The molecule has 0 radical (unpaired) electrons. The fourth-order valence-electron chi connectivity index (χ4n) is 1.77. The second kappa shape index (κ2) is 9.19. The van der Waals surface area contributed by atoms with Gasteiger partial charge in [0.15, 0.2) is 5.11 Å². The maximum absolute atomic E-state index is 12.3. The molecule has 0 saturated heterocycles. The summed E-state index contributed by atoms with van der Waals surface area (Å²) < 4.78 is 29.6. The van der Waals surface area contributed by atoms with E-state index in [4.69, 9.17) is 17.0 Å². The molecule has 0 bridgehead atoms. The average Bonchev–Trinajstić information content (AvgIpc) is 2.56. The molecule has 2 aromatic carbocycles. The van der Waals surface area contributed by atoms with Gasteiger partial charge >= 0.3 is 0 Å².